The van der Waals surface area contributed by atoms with Crippen LogP contribution in [0.25, 0.3) is 11.1 Å². The minimum absolute atomic E-state index is 0.249. The maximum Gasteiger partial charge on any atom is 0.240 e. The number of hydrogen-bond donors (Lipinski definition) is 2. The zero-order valence-electron chi connectivity index (χ0n) is 13.4. The van der Waals surface area contributed by atoms with Crippen molar-refractivity contribution >= 4 is 15.7 Å². The summed E-state index contributed by atoms with van der Waals surface area (Å²) in [6, 6.07) is 12.6. The Hall–Kier alpha value is -1.89. The van der Waals surface area contributed by atoms with Crippen molar-refractivity contribution < 1.29 is 13.2 Å². The molecule has 0 unspecified atom stereocenters. The first-order valence-electron chi connectivity index (χ1n) is 7.39. The van der Waals surface area contributed by atoms with E-state index in [-0.39, 0.29) is 4.90 Å². The van der Waals surface area contributed by atoms with Gasteiger partial charge in [-0.3, -0.25) is 0 Å². The van der Waals surface area contributed by atoms with Crippen LogP contribution in [0.1, 0.15) is 12.0 Å². The van der Waals surface area contributed by atoms with Crippen LogP contribution < -0.4 is 10.5 Å². The smallest absolute Gasteiger partial charge is 0.240 e. The summed E-state index contributed by atoms with van der Waals surface area (Å²) < 4.78 is 31.8. The van der Waals surface area contributed by atoms with E-state index >= 15 is 0 Å². The van der Waals surface area contributed by atoms with E-state index in [0.717, 1.165) is 22.4 Å². The van der Waals surface area contributed by atoms with Crippen molar-refractivity contribution in [1.29, 1.82) is 0 Å². The van der Waals surface area contributed by atoms with Crippen molar-refractivity contribution in [2.45, 2.75) is 18.2 Å². The second kappa shape index (κ2) is 7.59. The molecule has 3 N–H and O–H groups in total. The Balaban J connectivity index is 2.13. The Labute approximate surface area is 137 Å². The summed E-state index contributed by atoms with van der Waals surface area (Å²) in [6.07, 6.45) is 0.635. The number of nitrogens with two attached hydrogens (primary N) is 1. The van der Waals surface area contributed by atoms with Gasteiger partial charge in [-0.2, -0.15) is 0 Å². The monoisotopic (exact) mass is 334 g/mol. The van der Waals surface area contributed by atoms with Crippen molar-refractivity contribution in [1.82, 2.24) is 4.72 Å². The van der Waals surface area contributed by atoms with Gasteiger partial charge in [0.25, 0.3) is 0 Å². The molecule has 6 heteroatoms. The van der Waals surface area contributed by atoms with Crippen molar-refractivity contribution in [2.75, 3.05) is 26.0 Å². The van der Waals surface area contributed by atoms with Crippen molar-refractivity contribution in [3.63, 3.8) is 0 Å². The molecule has 2 aromatic carbocycles. The zero-order chi connectivity index (χ0) is 16.9. The van der Waals surface area contributed by atoms with Crippen LogP contribution in [0.5, 0.6) is 0 Å². The van der Waals surface area contributed by atoms with Crippen LogP contribution in [-0.2, 0) is 14.8 Å². The topological polar surface area (TPSA) is 81.4 Å². The summed E-state index contributed by atoms with van der Waals surface area (Å²) >= 11 is 0. The third-order valence-corrected chi connectivity index (χ3v) is 5.07. The summed E-state index contributed by atoms with van der Waals surface area (Å²) in [5, 5.41) is 0. The molecule has 2 rings (SSSR count). The van der Waals surface area contributed by atoms with E-state index in [0.29, 0.717) is 19.6 Å². The SMILES string of the molecule is COCCCNS(=O)(=O)c1ccc(-c2ccc(C)c(N)c2)cc1. The molecule has 0 aromatic heterocycles. The first-order valence-corrected chi connectivity index (χ1v) is 8.87. The highest BCUT2D eigenvalue weighted by atomic mass is 32.2. The van der Waals surface area contributed by atoms with Gasteiger partial charge < -0.3 is 10.5 Å². The highest BCUT2D eigenvalue weighted by Gasteiger charge is 2.13. The average molecular weight is 334 g/mol. The first kappa shape index (κ1) is 17.5. The number of methoxy groups -OCH3 is 1. The lowest BCUT2D eigenvalue weighted by atomic mass is 10.0. The van der Waals surface area contributed by atoms with Gasteiger partial charge in [0.2, 0.25) is 10.0 Å². The molecular weight excluding hydrogens is 312 g/mol. The largest absolute Gasteiger partial charge is 0.398 e. The molecule has 124 valence electrons. The number of sulfonamides is 1. The Bertz CT molecular complexity index is 756. The van der Waals surface area contributed by atoms with Gasteiger partial charge in [-0.1, -0.05) is 24.3 Å². The standard InChI is InChI=1S/C17H22N2O3S/c1-13-4-5-15(12-17(13)18)14-6-8-16(9-7-14)23(20,21)19-10-3-11-22-2/h4-9,12,19H,3,10-11,18H2,1-2H3. The molecule has 0 saturated heterocycles. The van der Waals surface area contributed by atoms with Crippen molar-refractivity contribution in [3.05, 3.63) is 48.0 Å². The van der Waals surface area contributed by atoms with Crippen LogP contribution in [0.3, 0.4) is 0 Å². The summed E-state index contributed by atoms with van der Waals surface area (Å²) in [4.78, 5) is 0.249. The summed E-state index contributed by atoms with van der Waals surface area (Å²) in [6.45, 7) is 2.83. The number of aryl methyl sites for hydroxylation is 1. The van der Waals surface area contributed by atoms with Gasteiger partial charge >= 0.3 is 0 Å². The number of benzene rings is 2. The molecule has 0 radical (unpaired) electrons. The van der Waals surface area contributed by atoms with E-state index in [1.807, 2.05) is 25.1 Å². The molecule has 0 spiro atoms. The van der Waals surface area contributed by atoms with E-state index < -0.39 is 10.0 Å². The Morgan fingerprint density at radius 2 is 1.74 bits per heavy atom. The minimum Gasteiger partial charge on any atom is -0.398 e. The normalized spacial score (nSPS) is 11.6. The number of nitrogen functional groups attached to an aromatic ring is 1. The number of rotatable bonds is 7. The predicted molar refractivity (Wildman–Crippen MR) is 92.7 cm³/mol. The molecule has 0 aliphatic heterocycles. The fourth-order valence-corrected chi connectivity index (χ4v) is 3.23. The molecule has 23 heavy (non-hydrogen) atoms. The van der Waals surface area contributed by atoms with Gasteiger partial charge in [0, 0.05) is 25.9 Å². The highest BCUT2D eigenvalue weighted by Crippen LogP contribution is 2.24. The van der Waals surface area contributed by atoms with Crippen molar-refractivity contribution in [3.8, 4) is 11.1 Å². The molecule has 5 nitrogen and oxygen atoms in total. The Morgan fingerprint density at radius 1 is 1.09 bits per heavy atom. The number of nitrogens with one attached hydrogen (secondary N) is 1. The maximum absolute atomic E-state index is 12.2. The third kappa shape index (κ3) is 4.54. The van der Waals surface area contributed by atoms with Crippen molar-refractivity contribution in [2.24, 2.45) is 0 Å². The molecule has 0 amide bonds. The summed E-state index contributed by atoms with van der Waals surface area (Å²) in [7, 11) is -1.90. The number of hydrogen-bond acceptors (Lipinski definition) is 4. The lowest BCUT2D eigenvalue weighted by molar-refractivity contribution is 0.196. The molecular formula is C17H22N2O3S. The van der Waals surface area contributed by atoms with Gasteiger partial charge in [-0.05, 0) is 48.2 Å². The van der Waals surface area contributed by atoms with E-state index in [2.05, 4.69) is 4.72 Å². The van der Waals surface area contributed by atoms with E-state index in [1.165, 1.54) is 0 Å². The second-order valence-electron chi connectivity index (χ2n) is 5.34. The molecule has 0 aliphatic carbocycles. The van der Waals surface area contributed by atoms with Gasteiger partial charge in [0.1, 0.15) is 0 Å². The van der Waals surface area contributed by atoms with Crippen LogP contribution >= 0.6 is 0 Å². The molecule has 0 heterocycles. The summed E-state index contributed by atoms with van der Waals surface area (Å²) in [5.41, 5.74) is 9.55. The van der Waals surface area contributed by atoms with Crippen LogP contribution in [0, 0.1) is 6.92 Å². The zero-order valence-corrected chi connectivity index (χ0v) is 14.2. The Morgan fingerprint density at radius 3 is 2.35 bits per heavy atom. The third-order valence-electron chi connectivity index (χ3n) is 3.59. The summed E-state index contributed by atoms with van der Waals surface area (Å²) in [5.74, 6) is 0. The molecule has 0 atom stereocenters. The second-order valence-corrected chi connectivity index (χ2v) is 7.11. The predicted octanol–water partition coefficient (Wildman–Crippen LogP) is 2.56. The van der Waals surface area contributed by atoms with Crippen LogP contribution in [0.15, 0.2) is 47.4 Å². The molecule has 0 saturated carbocycles. The lowest BCUT2D eigenvalue weighted by Crippen LogP contribution is -2.25. The maximum atomic E-state index is 12.2. The van der Waals surface area contributed by atoms with Gasteiger partial charge in [-0.25, -0.2) is 13.1 Å². The van der Waals surface area contributed by atoms with Crippen LogP contribution in [0.2, 0.25) is 0 Å². The van der Waals surface area contributed by atoms with Gasteiger partial charge in [0.05, 0.1) is 4.90 Å². The number of ether oxygens (including phenoxy) is 1. The molecule has 0 fully saturated rings. The average Bonchev–Trinajstić information content (AvgIpc) is 2.54. The Kier molecular flexibility index (Phi) is 5.76. The lowest BCUT2D eigenvalue weighted by Gasteiger charge is -2.09. The number of anilines is 1. The first-order chi connectivity index (χ1) is 10.9. The molecule has 2 aromatic rings. The molecule has 0 aliphatic rings. The van der Waals surface area contributed by atoms with E-state index in [1.54, 1.807) is 31.4 Å². The highest BCUT2D eigenvalue weighted by molar-refractivity contribution is 7.89. The van der Waals surface area contributed by atoms with Crippen LogP contribution in [0.4, 0.5) is 5.69 Å². The molecule has 0 bridgehead atoms. The fourth-order valence-electron chi connectivity index (χ4n) is 2.15. The van der Waals surface area contributed by atoms with Gasteiger partial charge in [-0.15, -0.1) is 0 Å². The minimum atomic E-state index is -3.48. The van der Waals surface area contributed by atoms with E-state index in [9.17, 15) is 8.42 Å². The van der Waals surface area contributed by atoms with E-state index in [4.69, 9.17) is 10.5 Å². The van der Waals surface area contributed by atoms with Gasteiger partial charge in [0.15, 0.2) is 0 Å². The van der Waals surface area contributed by atoms with Crippen LogP contribution in [-0.4, -0.2) is 28.7 Å². The quantitative estimate of drug-likeness (QED) is 0.602. The fraction of sp³-hybridized carbons (Fsp3) is 0.294.